The Balaban J connectivity index is 1.62. The molecule has 0 saturated carbocycles. The summed E-state index contributed by atoms with van der Waals surface area (Å²) in [6.45, 7) is -0.178. The highest BCUT2D eigenvalue weighted by Crippen LogP contribution is 2.34. The van der Waals surface area contributed by atoms with Gasteiger partial charge in [0.05, 0.1) is 18.1 Å². The molecule has 3 aromatic rings. The number of esters is 1. The summed E-state index contributed by atoms with van der Waals surface area (Å²) in [6.07, 6.45) is 6.82. The van der Waals surface area contributed by atoms with E-state index in [1.807, 2.05) is 28.8 Å². The summed E-state index contributed by atoms with van der Waals surface area (Å²) in [5.74, 6) is -0.512. The number of nitrogens with zero attached hydrogens (tertiary/aromatic N) is 3. The maximum Gasteiger partial charge on any atom is 0.325 e. The van der Waals surface area contributed by atoms with Crippen LogP contribution in [0, 0.1) is 0 Å². The molecule has 4 heterocycles. The Hall–Kier alpha value is -3.26. The molecule has 166 valence electrons. The standard InChI is InChI=1S/C24H26N4O4/c1-32-22(30)14-27-10-9-15(11-21(27)29)23-24(31)28(20-8-3-2-7-19(20)26-23)18-12-16-5-4-6-17(13-18)25-16/h2-3,7-11,16-18,25H,4-6,12-14H2,1H3. The number of benzene rings is 1. The molecule has 0 amide bonds. The number of ether oxygens (including phenoxy) is 1. The van der Waals surface area contributed by atoms with Gasteiger partial charge in [-0.05, 0) is 43.9 Å². The van der Waals surface area contributed by atoms with Gasteiger partial charge in [0.15, 0.2) is 0 Å². The number of pyridine rings is 1. The normalized spacial score (nSPS) is 22.6. The number of piperidine rings is 2. The number of carbonyl (C=O) groups is 1. The maximum atomic E-state index is 13.7. The molecule has 2 bridgehead atoms. The number of methoxy groups -OCH3 is 1. The van der Waals surface area contributed by atoms with Crippen LogP contribution in [0.15, 0.2) is 52.2 Å². The van der Waals surface area contributed by atoms with Crippen LogP contribution >= 0.6 is 0 Å². The minimum Gasteiger partial charge on any atom is -0.468 e. The third-order valence-corrected chi connectivity index (χ3v) is 6.65. The topological polar surface area (TPSA) is 95.2 Å². The fraction of sp³-hybridized carbons (Fsp3) is 0.417. The zero-order valence-corrected chi connectivity index (χ0v) is 18.0. The molecule has 2 aromatic heterocycles. The number of para-hydroxylation sites is 2. The van der Waals surface area contributed by atoms with Crippen LogP contribution in [0.2, 0.25) is 0 Å². The van der Waals surface area contributed by atoms with Gasteiger partial charge in [-0.3, -0.25) is 14.4 Å². The van der Waals surface area contributed by atoms with E-state index in [2.05, 4.69) is 15.0 Å². The average molecular weight is 434 g/mol. The molecule has 0 radical (unpaired) electrons. The molecule has 2 saturated heterocycles. The van der Waals surface area contributed by atoms with Gasteiger partial charge in [0.1, 0.15) is 12.2 Å². The second-order valence-electron chi connectivity index (χ2n) is 8.70. The molecule has 8 nitrogen and oxygen atoms in total. The molecule has 32 heavy (non-hydrogen) atoms. The van der Waals surface area contributed by atoms with Gasteiger partial charge in [0.25, 0.3) is 11.1 Å². The number of fused-ring (bicyclic) bond motifs is 3. The van der Waals surface area contributed by atoms with Crippen LogP contribution in [-0.2, 0) is 16.1 Å². The minimum absolute atomic E-state index is 0.0883. The van der Waals surface area contributed by atoms with E-state index in [4.69, 9.17) is 0 Å². The van der Waals surface area contributed by atoms with Crippen LogP contribution in [0.5, 0.6) is 0 Å². The molecule has 0 aliphatic carbocycles. The zero-order chi connectivity index (χ0) is 22.2. The van der Waals surface area contributed by atoms with Gasteiger partial charge in [-0.2, -0.15) is 0 Å². The van der Waals surface area contributed by atoms with Gasteiger partial charge >= 0.3 is 5.97 Å². The quantitative estimate of drug-likeness (QED) is 0.633. The van der Waals surface area contributed by atoms with Crippen LogP contribution in [-0.4, -0.2) is 39.3 Å². The van der Waals surface area contributed by atoms with Gasteiger partial charge < -0.3 is 19.2 Å². The van der Waals surface area contributed by atoms with Crippen LogP contribution in [0.25, 0.3) is 22.3 Å². The zero-order valence-electron chi connectivity index (χ0n) is 18.0. The SMILES string of the molecule is COC(=O)Cn1ccc(-c2nc3ccccc3n(C3CC4CCCC(C3)N4)c2=O)cc1=O. The van der Waals surface area contributed by atoms with Gasteiger partial charge in [-0.15, -0.1) is 0 Å². The Bertz CT molecular complexity index is 1280. The number of nitrogens with one attached hydrogen (secondary N) is 1. The Labute approximate surface area is 184 Å². The monoisotopic (exact) mass is 434 g/mol. The molecule has 2 aliphatic heterocycles. The van der Waals surface area contributed by atoms with E-state index in [0.29, 0.717) is 17.6 Å². The Morgan fingerprint density at radius 3 is 2.62 bits per heavy atom. The van der Waals surface area contributed by atoms with E-state index in [0.717, 1.165) is 36.7 Å². The van der Waals surface area contributed by atoms with Crippen LogP contribution in [0.1, 0.15) is 38.1 Å². The van der Waals surface area contributed by atoms with Crippen molar-refractivity contribution in [2.75, 3.05) is 7.11 Å². The largest absolute Gasteiger partial charge is 0.468 e. The van der Waals surface area contributed by atoms with Crippen molar-refractivity contribution in [2.24, 2.45) is 0 Å². The minimum atomic E-state index is -0.512. The molecule has 2 aliphatic rings. The Morgan fingerprint density at radius 1 is 1.16 bits per heavy atom. The lowest BCUT2D eigenvalue weighted by Crippen LogP contribution is -2.50. The molecule has 0 spiro atoms. The molecular weight excluding hydrogens is 408 g/mol. The molecule has 1 aromatic carbocycles. The van der Waals surface area contributed by atoms with Gasteiger partial charge in [-0.25, -0.2) is 4.98 Å². The van der Waals surface area contributed by atoms with E-state index in [-0.39, 0.29) is 29.4 Å². The summed E-state index contributed by atoms with van der Waals surface area (Å²) >= 11 is 0. The molecule has 2 unspecified atom stereocenters. The number of aromatic nitrogens is 3. The number of hydrogen-bond acceptors (Lipinski definition) is 6. The fourth-order valence-electron chi connectivity index (χ4n) is 5.14. The van der Waals surface area contributed by atoms with E-state index in [1.54, 1.807) is 6.07 Å². The third kappa shape index (κ3) is 3.75. The number of carbonyl (C=O) groups excluding carboxylic acids is 1. The number of hydrogen-bond donors (Lipinski definition) is 1. The predicted octanol–water partition coefficient (Wildman–Crippen LogP) is 2.24. The van der Waals surface area contributed by atoms with Crippen molar-refractivity contribution in [3.63, 3.8) is 0 Å². The summed E-state index contributed by atoms with van der Waals surface area (Å²) in [6, 6.07) is 11.6. The lowest BCUT2D eigenvalue weighted by molar-refractivity contribution is -0.141. The first-order valence-electron chi connectivity index (χ1n) is 11.1. The highest BCUT2D eigenvalue weighted by atomic mass is 16.5. The highest BCUT2D eigenvalue weighted by molar-refractivity contribution is 5.78. The second-order valence-corrected chi connectivity index (χ2v) is 8.70. The van der Waals surface area contributed by atoms with Crippen molar-refractivity contribution in [1.29, 1.82) is 0 Å². The van der Waals surface area contributed by atoms with Crippen molar-refractivity contribution in [1.82, 2.24) is 19.4 Å². The molecule has 1 N–H and O–H groups in total. The first kappa shape index (κ1) is 20.6. The van der Waals surface area contributed by atoms with Crippen molar-refractivity contribution in [3.8, 4) is 11.3 Å². The smallest absolute Gasteiger partial charge is 0.325 e. The van der Waals surface area contributed by atoms with Crippen molar-refractivity contribution in [2.45, 2.75) is 56.8 Å². The first-order chi connectivity index (χ1) is 15.5. The van der Waals surface area contributed by atoms with Gasteiger partial charge in [0.2, 0.25) is 0 Å². The predicted molar refractivity (Wildman–Crippen MR) is 121 cm³/mol. The third-order valence-electron chi connectivity index (χ3n) is 6.65. The van der Waals surface area contributed by atoms with Gasteiger partial charge in [0, 0.05) is 36.0 Å². The van der Waals surface area contributed by atoms with E-state index in [1.165, 1.54) is 30.4 Å². The van der Waals surface area contributed by atoms with E-state index >= 15 is 0 Å². The summed E-state index contributed by atoms with van der Waals surface area (Å²) in [7, 11) is 1.28. The summed E-state index contributed by atoms with van der Waals surface area (Å²) in [5, 5.41) is 3.69. The lowest BCUT2D eigenvalue weighted by atomic mass is 9.84. The van der Waals surface area contributed by atoms with E-state index < -0.39 is 5.97 Å². The molecule has 5 rings (SSSR count). The Morgan fingerprint density at radius 2 is 1.91 bits per heavy atom. The number of rotatable bonds is 4. The molecule has 2 atom stereocenters. The summed E-state index contributed by atoms with van der Waals surface area (Å²) < 4.78 is 7.78. The highest BCUT2D eigenvalue weighted by Gasteiger charge is 2.33. The van der Waals surface area contributed by atoms with Crippen molar-refractivity contribution in [3.05, 3.63) is 63.3 Å². The van der Waals surface area contributed by atoms with Crippen LogP contribution in [0.4, 0.5) is 0 Å². The lowest BCUT2D eigenvalue weighted by Gasteiger charge is -2.41. The van der Waals surface area contributed by atoms with E-state index in [9.17, 15) is 14.4 Å². The molecule has 8 heteroatoms. The molecule has 2 fully saturated rings. The average Bonchev–Trinajstić information content (AvgIpc) is 2.79. The van der Waals surface area contributed by atoms with Gasteiger partial charge in [-0.1, -0.05) is 18.6 Å². The van der Waals surface area contributed by atoms with Crippen LogP contribution < -0.4 is 16.4 Å². The van der Waals surface area contributed by atoms with Crippen molar-refractivity contribution >= 4 is 17.0 Å². The molecular formula is C24H26N4O4. The van der Waals surface area contributed by atoms with Crippen LogP contribution in [0.3, 0.4) is 0 Å². The summed E-state index contributed by atoms with van der Waals surface area (Å²) in [4.78, 5) is 42.5. The second kappa shape index (κ2) is 8.35. The fourth-order valence-corrected chi connectivity index (χ4v) is 5.14. The van der Waals surface area contributed by atoms with Crippen molar-refractivity contribution < 1.29 is 9.53 Å². The summed E-state index contributed by atoms with van der Waals surface area (Å²) in [5.41, 5.74) is 1.70. The Kier molecular flexibility index (Phi) is 5.38. The maximum absolute atomic E-state index is 13.7. The first-order valence-corrected chi connectivity index (χ1v) is 11.1.